The standard InChI is InChI=1S/C24H30Cl3N7O2/c1-2-4-15(7-8-20(28)36)34-22-19(12-29-23(33-22)30-14-5-3-6-16(35)11-14)31-24(34)32-21-17(26)9-13(25)10-18(21)27/h9-10,12,14-16,35H,2-8,11H2,1H3,(H2,28,36)(H,31,32)(H,29,30,33)/t14-,15-,16-/m1/s1. The first-order valence-corrected chi connectivity index (χ1v) is 13.3. The molecule has 36 heavy (non-hydrogen) atoms. The van der Waals surface area contributed by atoms with Gasteiger partial charge >= 0.3 is 0 Å². The Kier molecular flexibility index (Phi) is 8.77. The van der Waals surface area contributed by atoms with Crippen molar-refractivity contribution in [2.45, 2.75) is 76.5 Å². The number of carbonyl (C=O) groups excluding carboxylic acids is 1. The van der Waals surface area contributed by atoms with E-state index >= 15 is 0 Å². The number of anilines is 3. The normalized spacial score (nSPS) is 18.8. The zero-order chi connectivity index (χ0) is 25.8. The summed E-state index contributed by atoms with van der Waals surface area (Å²) < 4.78 is 1.96. The Hall–Kier alpha value is -2.33. The molecular formula is C24H30Cl3N7O2. The number of halogens is 3. The predicted octanol–water partition coefficient (Wildman–Crippen LogP) is 5.85. The second-order valence-corrected chi connectivity index (χ2v) is 10.4. The van der Waals surface area contributed by atoms with Gasteiger partial charge in [0.1, 0.15) is 5.52 Å². The van der Waals surface area contributed by atoms with E-state index in [0.29, 0.717) is 56.7 Å². The number of amides is 1. The highest BCUT2D eigenvalue weighted by Crippen LogP contribution is 2.38. The number of nitrogens with one attached hydrogen (secondary N) is 2. The van der Waals surface area contributed by atoms with Crippen LogP contribution in [0.2, 0.25) is 15.1 Å². The van der Waals surface area contributed by atoms with Crippen LogP contribution in [0.1, 0.15) is 64.3 Å². The summed E-state index contributed by atoms with van der Waals surface area (Å²) in [5, 5.41) is 17.8. The number of hydrogen-bond acceptors (Lipinski definition) is 7. The van der Waals surface area contributed by atoms with Crippen molar-refractivity contribution in [1.82, 2.24) is 19.5 Å². The first kappa shape index (κ1) is 26.7. The first-order valence-electron chi connectivity index (χ1n) is 12.1. The summed E-state index contributed by atoms with van der Waals surface area (Å²) in [6, 6.07) is 3.18. The summed E-state index contributed by atoms with van der Waals surface area (Å²) in [4.78, 5) is 25.6. The Labute approximate surface area is 224 Å². The highest BCUT2D eigenvalue weighted by atomic mass is 35.5. The maximum absolute atomic E-state index is 11.6. The van der Waals surface area contributed by atoms with Crippen LogP contribution in [0.4, 0.5) is 17.6 Å². The summed E-state index contributed by atoms with van der Waals surface area (Å²) in [5.74, 6) is 0.562. The highest BCUT2D eigenvalue weighted by Gasteiger charge is 2.24. The number of hydrogen-bond donors (Lipinski definition) is 4. The number of nitrogens with two attached hydrogens (primary N) is 1. The van der Waals surface area contributed by atoms with Gasteiger partial charge in [-0.05, 0) is 50.7 Å². The minimum Gasteiger partial charge on any atom is -0.393 e. The van der Waals surface area contributed by atoms with Gasteiger partial charge in [-0.1, -0.05) is 48.1 Å². The van der Waals surface area contributed by atoms with Gasteiger partial charge in [0.15, 0.2) is 5.65 Å². The average molecular weight is 555 g/mol. The molecule has 0 spiro atoms. The summed E-state index contributed by atoms with van der Waals surface area (Å²) in [5.41, 5.74) is 7.12. The molecule has 5 N–H and O–H groups in total. The fourth-order valence-corrected chi connectivity index (χ4v) is 5.60. The molecule has 0 bridgehead atoms. The van der Waals surface area contributed by atoms with Crippen LogP contribution in [0, 0.1) is 0 Å². The monoisotopic (exact) mass is 553 g/mol. The number of aromatic nitrogens is 4. The first-order chi connectivity index (χ1) is 17.2. The Bertz CT molecular complexity index is 1210. The second kappa shape index (κ2) is 11.8. The molecule has 2 heterocycles. The molecular weight excluding hydrogens is 525 g/mol. The number of rotatable bonds is 10. The van der Waals surface area contributed by atoms with Crippen molar-refractivity contribution in [3.05, 3.63) is 33.4 Å². The maximum Gasteiger partial charge on any atom is 0.224 e. The van der Waals surface area contributed by atoms with E-state index in [-0.39, 0.29) is 30.5 Å². The van der Waals surface area contributed by atoms with Crippen LogP contribution in [0.5, 0.6) is 0 Å². The molecule has 1 fully saturated rings. The van der Waals surface area contributed by atoms with E-state index in [1.165, 1.54) is 0 Å². The molecule has 1 aliphatic carbocycles. The molecule has 3 aromatic rings. The number of primary amides is 1. The van der Waals surface area contributed by atoms with Crippen molar-refractivity contribution in [2.24, 2.45) is 5.73 Å². The third-order valence-electron chi connectivity index (χ3n) is 6.37. The van der Waals surface area contributed by atoms with Gasteiger partial charge in [0.2, 0.25) is 17.8 Å². The Morgan fingerprint density at radius 2 is 1.97 bits per heavy atom. The van der Waals surface area contributed by atoms with E-state index in [1.54, 1.807) is 18.3 Å². The van der Waals surface area contributed by atoms with E-state index in [0.717, 1.165) is 32.1 Å². The third-order valence-corrected chi connectivity index (χ3v) is 7.18. The molecule has 194 valence electrons. The van der Waals surface area contributed by atoms with E-state index < -0.39 is 0 Å². The van der Waals surface area contributed by atoms with Gasteiger partial charge in [-0.3, -0.25) is 9.36 Å². The molecule has 1 aromatic carbocycles. The van der Waals surface area contributed by atoms with Crippen molar-refractivity contribution in [3.8, 4) is 0 Å². The number of fused-ring (bicyclic) bond motifs is 1. The Balaban J connectivity index is 1.77. The van der Waals surface area contributed by atoms with Crippen LogP contribution < -0.4 is 16.4 Å². The molecule has 0 saturated heterocycles. The Morgan fingerprint density at radius 3 is 2.64 bits per heavy atom. The summed E-state index contributed by atoms with van der Waals surface area (Å²) in [6.45, 7) is 2.08. The number of imidazole rings is 1. The quantitative estimate of drug-likeness (QED) is 0.247. The van der Waals surface area contributed by atoms with E-state index in [2.05, 4.69) is 22.5 Å². The molecule has 0 unspecified atom stereocenters. The van der Waals surface area contributed by atoms with E-state index in [1.807, 2.05) is 4.57 Å². The average Bonchev–Trinajstić information content (AvgIpc) is 3.16. The fraction of sp³-hybridized carbons (Fsp3) is 0.500. The molecule has 4 rings (SSSR count). The molecule has 1 amide bonds. The molecule has 0 aliphatic heterocycles. The van der Waals surface area contributed by atoms with Gasteiger partial charge in [0.05, 0.1) is 28.0 Å². The second-order valence-electron chi connectivity index (χ2n) is 9.19. The highest BCUT2D eigenvalue weighted by molar-refractivity contribution is 6.41. The third kappa shape index (κ3) is 6.32. The topological polar surface area (TPSA) is 131 Å². The van der Waals surface area contributed by atoms with Gasteiger partial charge in [0.25, 0.3) is 0 Å². The molecule has 9 nitrogen and oxygen atoms in total. The molecule has 0 radical (unpaired) electrons. The van der Waals surface area contributed by atoms with Crippen molar-refractivity contribution in [2.75, 3.05) is 10.6 Å². The molecule has 2 aromatic heterocycles. The lowest BCUT2D eigenvalue weighted by molar-refractivity contribution is -0.118. The number of aliphatic hydroxyl groups excluding tert-OH is 1. The van der Waals surface area contributed by atoms with Gasteiger partial charge in [-0.25, -0.2) is 9.97 Å². The van der Waals surface area contributed by atoms with Gasteiger partial charge in [0, 0.05) is 23.5 Å². The fourth-order valence-electron chi connectivity index (χ4n) is 4.69. The lowest BCUT2D eigenvalue weighted by atomic mass is 9.93. The molecule has 12 heteroatoms. The minimum absolute atomic E-state index is 0.0909. The molecule has 1 saturated carbocycles. The SMILES string of the molecule is CCC[C@H](CCC(N)=O)n1c(Nc2c(Cl)cc(Cl)cc2Cl)nc2cnc(N[C@@H]3CCC[C@@H](O)C3)nc21. The van der Waals surface area contributed by atoms with Crippen LogP contribution >= 0.6 is 34.8 Å². The summed E-state index contributed by atoms with van der Waals surface area (Å²) in [7, 11) is 0. The smallest absolute Gasteiger partial charge is 0.224 e. The lowest BCUT2D eigenvalue weighted by Crippen LogP contribution is -2.30. The summed E-state index contributed by atoms with van der Waals surface area (Å²) >= 11 is 19.0. The van der Waals surface area contributed by atoms with Crippen LogP contribution in [-0.4, -0.2) is 42.7 Å². The number of carbonyl (C=O) groups is 1. The van der Waals surface area contributed by atoms with Crippen LogP contribution in [0.15, 0.2) is 18.3 Å². The van der Waals surface area contributed by atoms with Crippen LogP contribution in [0.3, 0.4) is 0 Å². The molecule has 1 aliphatic rings. The van der Waals surface area contributed by atoms with Crippen LogP contribution in [-0.2, 0) is 4.79 Å². The summed E-state index contributed by atoms with van der Waals surface area (Å²) in [6.07, 6.45) is 7.09. The zero-order valence-electron chi connectivity index (χ0n) is 20.0. The van der Waals surface area contributed by atoms with Gasteiger partial charge in [-0.15, -0.1) is 0 Å². The van der Waals surface area contributed by atoms with Crippen molar-refractivity contribution < 1.29 is 9.90 Å². The van der Waals surface area contributed by atoms with Gasteiger partial charge in [-0.2, -0.15) is 4.98 Å². The number of benzene rings is 1. The van der Waals surface area contributed by atoms with E-state index in [9.17, 15) is 9.90 Å². The van der Waals surface area contributed by atoms with Crippen molar-refractivity contribution in [1.29, 1.82) is 0 Å². The maximum atomic E-state index is 11.6. The van der Waals surface area contributed by atoms with Crippen molar-refractivity contribution in [3.63, 3.8) is 0 Å². The predicted molar refractivity (Wildman–Crippen MR) is 144 cm³/mol. The van der Waals surface area contributed by atoms with Gasteiger partial charge < -0.3 is 21.5 Å². The van der Waals surface area contributed by atoms with Crippen molar-refractivity contribution >= 4 is 69.5 Å². The van der Waals surface area contributed by atoms with Crippen LogP contribution in [0.25, 0.3) is 11.2 Å². The Morgan fingerprint density at radius 1 is 1.22 bits per heavy atom. The van der Waals surface area contributed by atoms with E-state index in [4.69, 9.17) is 50.5 Å². The largest absolute Gasteiger partial charge is 0.393 e. The zero-order valence-corrected chi connectivity index (χ0v) is 22.2. The lowest BCUT2D eigenvalue weighted by Gasteiger charge is -2.26. The number of nitrogens with zero attached hydrogens (tertiary/aromatic N) is 4. The molecule has 3 atom stereocenters. The number of aliphatic hydroxyl groups is 1. The minimum atomic E-state index is -0.369.